The molecule has 9 aromatic rings. The molecule has 442 valence electrons. The summed E-state index contributed by atoms with van der Waals surface area (Å²) in [6.45, 7) is 12.0. The number of aliphatic hydroxyl groups is 3. The van der Waals surface area contributed by atoms with Gasteiger partial charge in [0, 0.05) is 138 Å². The van der Waals surface area contributed by atoms with E-state index in [0.29, 0.717) is 12.5 Å². The second-order valence-electron chi connectivity index (χ2n) is 22.0. The first-order chi connectivity index (χ1) is 42.3. The molecule has 0 amide bonds. The van der Waals surface area contributed by atoms with E-state index in [1.807, 2.05) is 96.3 Å². The number of halogens is 1. The van der Waals surface area contributed by atoms with Crippen LogP contribution in [0.3, 0.4) is 0 Å². The van der Waals surface area contributed by atoms with Crippen LogP contribution in [0.1, 0.15) is 59.1 Å². The molecule has 8 aromatic carbocycles. The van der Waals surface area contributed by atoms with Gasteiger partial charge >= 0.3 is 0 Å². The van der Waals surface area contributed by atoms with Crippen molar-refractivity contribution in [3.63, 3.8) is 0 Å². The number of piperazine rings is 2. The van der Waals surface area contributed by atoms with Crippen molar-refractivity contribution in [2.24, 2.45) is 5.92 Å². The van der Waals surface area contributed by atoms with Crippen molar-refractivity contribution in [2.45, 2.75) is 60.7 Å². The van der Waals surface area contributed by atoms with E-state index in [2.05, 4.69) is 169 Å². The predicted molar refractivity (Wildman–Crippen MR) is 366 cm³/mol. The Morgan fingerprint density at radius 1 is 0.465 bits per heavy atom. The quantitative estimate of drug-likeness (QED) is 0.0778. The zero-order valence-corrected chi connectivity index (χ0v) is 53.4. The lowest BCUT2D eigenvalue weighted by Crippen LogP contribution is -2.47. The first kappa shape index (κ1) is 62.0. The van der Waals surface area contributed by atoms with E-state index >= 15 is 0 Å². The van der Waals surface area contributed by atoms with Gasteiger partial charge in [-0.1, -0.05) is 197 Å². The van der Waals surface area contributed by atoms with Gasteiger partial charge in [0.2, 0.25) is 0 Å². The molecule has 13 heteroatoms. The number of nitrogens with one attached hydrogen (secondary N) is 1. The van der Waals surface area contributed by atoms with Gasteiger partial charge in [0.05, 0.1) is 13.2 Å². The molecule has 86 heavy (non-hydrogen) atoms. The molecule has 1 aliphatic carbocycles. The molecule has 0 unspecified atom stereocenters. The lowest BCUT2D eigenvalue weighted by Gasteiger charge is -2.36. The fourth-order valence-corrected chi connectivity index (χ4v) is 16.5. The molecule has 6 aliphatic rings. The molecule has 5 aliphatic heterocycles. The maximum Gasteiger partial charge on any atom is 0.195 e. The summed E-state index contributed by atoms with van der Waals surface area (Å²) >= 11 is 10.7. The van der Waals surface area contributed by atoms with E-state index in [1.165, 1.54) is 62.8 Å². The van der Waals surface area contributed by atoms with Crippen molar-refractivity contribution in [2.75, 3.05) is 90.5 Å². The summed E-state index contributed by atoms with van der Waals surface area (Å²) in [7, 11) is 0. The number of nitrogens with zero attached hydrogens (tertiary/aromatic N) is 3. The number of rotatable bonds is 10. The fourth-order valence-electron chi connectivity index (χ4n) is 11.8. The Hall–Kier alpha value is -5.62. The standard InChI is InChI=1S/C22H26N2OS.C16H13BrS.C16H14OS.C13H8OS.C6H14N2O/c25-17-16-24-14-12-23(13-15-24)11-5-8-18-19-6-1-3-9-21(19)26-22-10-4-2-7-20(18)22;17-11-5-8-12-13-6-1-3-9-15(13)18-16-10-4-2-7-14(12)16;17-16(11-9-10-11)12-5-1-3-7-14(12)18-15-8-4-2-6-13(15)16;14-13-9-5-1-3-7-11(9)15-12-8-4-2-6-10(12)13;9-6-5-8-3-1-7-2-4-8/h1-4,6-10,25H,5,11-17H2;1-4,6-10H,5,11H2;1-8,11,17H,9-10H2;1-8H;7,9H,1-6H2. The Bertz CT molecular complexity index is 3650. The van der Waals surface area contributed by atoms with Gasteiger partial charge < -0.3 is 25.5 Å². The average molecular weight is 1280 g/mol. The van der Waals surface area contributed by atoms with E-state index < -0.39 is 5.60 Å². The maximum atomic E-state index is 12.1. The molecule has 4 N–H and O–H groups in total. The first-order valence-corrected chi connectivity index (χ1v) is 34.5. The van der Waals surface area contributed by atoms with Crippen LogP contribution in [0.5, 0.6) is 0 Å². The van der Waals surface area contributed by atoms with E-state index in [0.717, 1.165) is 134 Å². The number of allylic oxidation sites excluding steroid dienone is 1. The highest BCUT2D eigenvalue weighted by Gasteiger charge is 2.50. The Kier molecular flexibility index (Phi) is 22.0. The van der Waals surface area contributed by atoms with Gasteiger partial charge in [0.25, 0.3) is 0 Å². The van der Waals surface area contributed by atoms with Gasteiger partial charge in [-0.05, 0) is 126 Å². The van der Waals surface area contributed by atoms with Crippen LogP contribution in [0, 0.1) is 5.92 Å². The van der Waals surface area contributed by atoms with Crippen LogP contribution >= 0.6 is 62.6 Å². The van der Waals surface area contributed by atoms with Crippen LogP contribution in [0.15, 0.2) is 240 Å². The molecule has 15 rings (SSSR count). The summed E-state index contributed by atoms with van der Waals surface area (Å²) < 4.78 is 2.11. The Morgan fingerprint density at radius 2 is 0.826 bits per heavy atom. The van der Waals surface area contributed by atoms with Crippen LogP contribution in [0.2, 0.25) is 0 Å². The van der Waals surface area contributed by atoms with Gasteiger partial charge in [-0.2, -0.15) is 0 Å². The zero-order valence-electron chi connectivity index (χ0n) is 48.5. The second kappa shape index (κ2) is 30.5. The van der Waals surface area contributed by atoms with Crippen LogP contribution in [-0.4, -0.2) is 121 Å². The lowest BCUT2D eigenvalue weighted by molar-refractivity contribution is 0.0499. The van der Waals surface area contributed by atoms with E-state index in [4.69, 9.17) is 10.2 Å². The monoisotopic (exact) mass is 1280 g/mol. The highest BCUT2D eigenvalue weighted by Crippen LogP contribution is 2.57. The number of aliphatic hydroxyl groups excluding tert-OH is 2. The van der Waals surface area contributed by atoms with E-state index in [-0.39, 0.29) is 12.0 Å². The molecule has 0 atom stereocenters. The smallest absolute Gasteiger partial charge is 0.195 e. The van der Waals surface area contributed by atoms with Crippen LogP contribution in [0.25, 0.3) is 31.3 Å². The average Bonchev–Trinajstić information content (AvgIpc) is 1.81. The normalized spacial score (nSPS) is 16.5. The lowest BCUT2D eigenvalue weighted by atomic mass is 9.81. The molecular weight excluding hydrogens is 1200 g/mol. The summed E-state index contributed by atoms with van der Waals surface area (Å²) in [4.78, 5) is 27.1. The third kappa shape index (κ3) is 14.9. The van der Waals surface area contributed by atoms with E-state index in [1.54, 1.807) is 23.1 Å². The van der Waals surface area contributed by atoms with Crippen molar-refractivity contribution in [3.05, 3.63) is 250 Å². The molecule has 8 nitrogen and oxygen atoms in total. The maximum absolute atomic E-state index is 12.1. The van der Waals surface area contributed by atoms with Gasteiger partial charge in [-0.15, -0.1) is 11.3 Å². The molecule has 6 heterocycles. The fraction of sp³-hybridized carbons (Fsp3) is 0.274. The Morgan fingerprint density at radius 3 is 1.26 bits per heavy atom. The molecule has 1 saturated carbocycles. The number of hydrogen-bond acceptors (Lipinski definition) is 12. The minimum atomic E-state index is -0.765. The van der Waals surface area contributed by atoms with Gasteiger partial charge in [0.15, 0.2) is 5.43 Å². The topological polar surface area (TPSA) is 99.5 Å². The molecule has 3 fully saturated rings. The summed E-state index contributed by atoms with van der Waals surface area (Å²) in [5.74, 6) is 0.390. The summed E-state index contributed by atoms with van der Waals surface area (Å²) in [5.41, 5.74) is 9.77. The van der Waals surface area contributed by atoms with Crippen LogP contribution in [0.4, 0.5) is 0 Å². The minimum absolute atomic E-state index is 0.139. The highest BCUT2D eigenvalue weighted by molar-refractivity contribution is 9.09. The Labute approximate surface area is 532 Å². The van der Waals surface area contributed by atoms with Crippen molar-refractivity contribution in [3.8, 4) is 0 Å². The zero-order chi connectivity index (χ0) is 59.1. The summed E-state index contributed by atoms with van der Waals surface area (Å²) in [5, 5.41) is 34.8. The largest absolute Gasteiger partial charge is 0.395 e. The molecule has 0 radical (unpaired) electrons. The molecule has 1 aromatic heterocycles. The van der Waals surface area contributed by atoms with Gasteiger partial charge in [-0.3, -0.25) is 14.6 Å². The van der Waals surface area contributed by atoms with Crippen molar-refractivity contribution in [1.82, 2.24) is 20.0 Å². The van der Waals surface area contributed by atoms with Crippen molar-refractivity contribution in [1.29, 1.82) is 0 Å². The van der Waals surface area contributed by atoms with Crippen molar-refractivity contribution < 1.29 is 15.3 Å². The third-order valence-corrected chi connectivity index (χ3v) is 21.4. The van der Waals surface area contributed by atoms with E-state index in [9.17, 15) is 9.90 Å². The van der Waals surface area contributed by atoms with Gasteiger partial charge in [0.1, 0.15) is 5.60 Å². The molecule has 0 bridgehead atoms. The molecule has 2 saturated heterocycles. The number of alkyl halides is 1. The first-order valence-electron chi connectivity index (χ1n) is 30.1. The number of fused-ring (bicyclic) bond motifs is 8. The second-order valence-corrected chi connectivity index (χ2v) is 27.1. The number of hydrogen-bond donors (Lipinski definition) is 4. The van der Waals surface area contributed by atoms with Gasteiger partial charge in [-0.25, -0.2) is 0 Å². The molecular formula is C73H75BrN4O4S4. The minimum Gasteiger partial charge on any atom is -0.395 e. The third-order valence-electron chi connectivity index (χ3n) is 16.4. The summed E-state index contributed by atoms with van der Waals surface area (Å²) in [6, 6.07) is 66.9. The number of β-amino-alcohol motifs (C(OH)–C–C–N with tert-alkyl or cyclic N) is 2. The molecule has 0 spiro atoms. The van der Waals surface area contributed by atoms with Crippen molar-refractivity contribution >= 4 is 93.9 Å². The highest BCUT2D eigenvalue weighted by atomic mass is 79.9. The SMILES string of the molecule is BrCCC=C1c2ccccc2Sc2ccccc21.O=c1c2ccccc2sc2ccccc12.OC1(C2CC2)c2ccccc2Sc2ccccc21.OCCN1CCN(CCC=C2c3ccccc3Sc3ccccc32)CC1.OCCN1CCNCC1. The van der Waals surface area contributed by atoms with Crippen LogP contribution in [-0.2, 0) is 5.60 Å². The summed E-state index contributed by atoms with van der Waals surface area (Å²) in [6.07, 6.45) is 9.16. The van der Waals surface area contributed by atoms with Crippen LogP contribution < -0.4 is 10.7 Å². The number of benzene rings is 8. The predicted octanol–water partition coefficient (Wildman–Crippen LogP) is 15.0. The Balaban J connectivity index is 0.000000115.